The summed E-state index contributed by atoms with van der Waals surface area (Å²) in [7, 11) is 0. The fourth-order valence-corrected chi connectivity index (χ4v) is 3.91. The Kier molecular flexibility index (Phi) is 4.58. The van der Waals surface area contributed by atoms with Gasteiger partial charge in [-0.25, -0.2) is 4.79 Å². The van der Waals surface area contributed by atoms with Gasteiger partial charge in [0, 0.05) is 0 Å². The molecule has 0 aliphatic carbocycles. The molecule has 7 heteroatoms. The monoisotopic (exact) mass is 393 g/mol. The van der Waals surface area contributed by atoms with Crippen LogP contribution in [0.1, 0.15) is 15.9 Å². The number of hydrogen-bond acceptors (Lipinski definition) is 5. The van der Waals surface area contributed by atoms with Crippen molar-refractivity contribution in [2.45, 2.75) is 6.54 Å². The number of pyridine rings is 1. The highest BCUT2D eigenvalue weighted by Crippen LogP contribution is 2.29. The van der Waals surface area contributed by atoms with Crippen molar-refractivity contribution in [3.05, 3.63) is 87.5 Å². The van der Waals surface area contributed by atoms with E-state index in [4.69, 9.17) is 4.74 Å². The number of fused-ring (bicyclic) bond motifs is 1. The van der Waals surface area contributed by atoms with E-state index in [1.165, 1.54) is 15.9 Å². The average Bonchev–Trinajstić information content (AvgIpc) is 3.16. The average molecular weight is 393 g/mol. The molecule has 140 valence electrons. The van der Waals surface area contributed by atoms with Gasteiger partial charge in [0.15, 0.2) is 5.75 Å². The van der Waals surface area contributed by atoms with Crippen LogP contribution in [0.15, 0.2) is 70.8 Å². The summed E-state index contributed by atoms with van der Waals surface area (Å²) in [6.45, 7) is 0.200. The van der Waals surface area contributed by atoms with Crippen LogP contribution in [0.25, 0.3) is 10.2 Å². The number of thiophene rings is 1. The van der Waals surface area contributed by atoms with Gasteiger partial charge in [0.05, 0.1) is 16.8 Å². The summed E-state index contributed by atoms with van der Waals surface area (Å²) in [6, 6.07) is 18.3. The lowest BCUT2D eigenvalue weighted by Crippen LogP contribution is -2.22. The summed E-state index contributed by atoms with van der Waals surface area (Å²) in [5, 5.41) is 21.1. The lowest BCUT2D eigenvalue weighted by Gasteiger charge is -2.12. The van der Waals surface area contributed by atoms with E-state index in [0.29, 0.717) is 16.0 Å². The van der Waals surface area contributed by atoms with Crippen LogP contribution in [0, 0.1) is 0 Å². The van der Waals surface area contributed by atoms with Gasteiger partial charge in [-0.3, -0.25) is 9.36 Å². The van der Waals surface area contributed by atoms with Gasteiger partial charge in [-0.1, -0.05) is 30.3 Å². The maximum Gasteiger partial charge on any atom is 0.341 e. The van der Waals surface area contributed by atoms with Crippen LogP contribution in [-0.2, 0) is 6.54 Å². The van der Waals surface area contributed by atoms with Crippen LogP contribution in [-0.4, -0.2) is 20.7 Å². The van der Waals surface area contributed by atoms with E-state index in [1.54, 1.807) is 23.6 Å². The molecule has 0 atom stereocenters. The van der Waals surface area contributed by atoms with Crippen molar-refractivity contribution in [1.82, 2.24) is 4.57 Å². The predicted octanol–water partition coefficient (Wildman–Crippen LogP) is 4.31. The number of aromatic nitrogens is 1. The molecule has 0 fully saturated rings. The first-order chi connectivity index (χ1) is 13.5. The van der Waals surface area contributed by atoms with Crippen LogP contribution in [0.5, 0.6) is 17.2 Å². The van der Waals surface area contributed by atoms with Crippen molar-refractivity contribution < 1.29 is 19.7 Å². The number of rotatable bonds is 5. The Hall–Kier alpha value is -3.58. The molecule has 0 saturated heterocycles. The largest absolute Gasteiger partial charge is 0.502 e. The maximum absolute atomic E-state index is 12.5. The second kappa shape index (κ2) is 7.21. The molecule has 0 amide bonds. The zero-order chi connectivity index (χ0) is 19.7. The van der Waals surface area contributed by atoms with Crippen molar-refractivity contribution in [3.63, 3.8) is 0 Å². The van der Waals surface area contributed by atoms with E-state index in [1.807, 2.05) is 42.5 Å². The highest BCUT2D eigenvalue weighted by molar-refractivity contribution is 7.17. The van der Waals surface area contributed by atoms with Gasteiger partial charge in [-0.05, 0) is 41.3 Å². The highest BCUT2D eigenvalue weighted by Gasteiger charge is 2.22. The van der Waals surface area contributed by atoms with E-state index in [2.05, 4.69) is 0 Å². The molecule has 4 aromatic rings. The molecule has 0 spiro atoms. The zero-order valence-corrected chi connectivity index (χ0v) is 15.3. The first kappa shape index (κ1) is 17.8. The van der Waals surface area contributed by atoms with E-state index in [-0.39, 0.29) is 12.1 Å². The van der Waals surface area contributed by atoms with E-state index < -0.39 is 17.3 Å². The number of aromatic hydroxyl groups is 1. The van der Waals surface area contributed by atoms with Gasteiger partial charge in [0.25, 0.3) is 5.56 Å². The molecule has 2 aromatic carbocycles. The van der Waals surface area contributed by atoms with Crippen molar-refractivity contribution in [1.29, 1.82) is 0 Å². The number of carboxylic acids is 1. The Morgan fingerprint density at radius 2 is 1.68 bits per heavy atom. The summed E-state index contributed by atoms with van der Waals surface area (Å²) in [6.07, 6.45) is 0. The molecule has 28 heavy (non-hydrogen) atoms. The lowest BCUT2D eigenvalue weighted by atomic mass is 10.1. The highest BCUT2D eigenvalue weighted by atomic mass is 32.1. The molecular formula is C21H15NO5S. The number of carboxylic acid groups (broad SMARTS) is 1. The normalized spacial score (nSPS) is 10.9. The molecule has 0 unspecified atom stereocenters. The van der Waals surface area contributed by atoms with E-state index >= 15 is 0 Å². The number of nitrogens with zero attached hydrogens (tertiary/aromatic N) is 1. The third-order valence-electron chi connectivity index (χ3n) is 4.30. The first-order valence-electron chi connectivity index (χ1n) is 8.42. The van der Waals surface area contributed by atoms with Gasteiger partial charge >= 0.3 is 5.97 Å². The van der Waals surface area contributed by atoms with Gasteiger partial charge < -0.3 is 14.9 Å². The Morgan fingerprint density at radius 1 is 1.00 bits per heavy atom. The summed E-state index contributed by atoms with van der Waals surface area (Å²) in [5.41, 5.74) is 0.220. The lowest BCUT2D eigenvalue weighted by molar-refractivity contribution is 0.0695. The molecule has 0 aliphatic heterocycles. The summed E-state index contributed by atoms with van der Waals surface area (Å²) < 4.78 is 7.50. The van der Waals surface area contributed by atoms with Crippen molar-refractivity contribution in [2.24, 2.45) is 0 Å². The third kappa shape index (κ3) is 3.23. The van der Waals surface area contributed by atoms with E-state index in [9.17, 15) is 19.8 Å². The summed E-state index contributed by atoms with van der Waals surface area (Å²) >= 11 is 1.17. The quantitative estimate of drug-likeness (QED) is 0.528. The number of carbonyl (C=O) groups is 1. The fraction of sp³-hybridized carbons (Fsp3) is 0.0476. The minimum atomic E-state index is -1.32. The smallest absolute Gasteiger partial charge is 0.341 e. The van der Waals surface area contributed by atoms with Gasteiger partial charge in [-0.15, -0.1) is 11.3 Å². The third-order valence-corrected chi connectivity index (χ3v) is 5.22. The number of hydrogen-bond donors (Lipinski definition) is 2. The molecule has 4 rings (SSSR count). The van der Waals surface area contributed by atoms with E-state index in [0.717, 1.165) is 11.3 Å². The standard InChI is InChI=1S/C21H15NO5S/c23-18-17(21(25)26)19-16(10-11-28-19)22(20(18)24)12-13-6-8-15(9-7-13)27-14-4-2-1-3-5-14/h1-11,23H,12H2,(H,25,26). The van der Waals surface area contributed by atoms with Gasteiger partial charge in [-0.2, -0.15) is 0 Å². The zero-order valence-electron chi connectivity index (χ0n) is 14.5. The fourth-order valence-electron chi connectivity index (χ4n) is 2.98. The number of aromatic carboxylic acids is 1. The second-order valence-corrected chi connectivity index (χ2v) is 7.03. The predicted molar refractivity (Wildman–Crippen MR) is 107 cm³/mol. The van der Waals surface area contributed by atoms with Crippen molar-refractivity contribution in [2.75, 3.05) is 0 Å². The Bertz CT molecular complexity index is 1210. The Labute approximate surface area is 163 Å². The molecule has 2 heterocycles. The number of para-hydroxylation sites is 1. The van der Waals surface area contributed by atoms with Crippen LogP contribution in [0.3, 0.4) is 0 Å². The molecule has 0 bridgehead atoms. The SMILES string of the molecule is O=C(O)c1c(O)c(=O)n(Cc2ccc(Oc3ccccc3)cc2)c2ccsc12. The summed E-state index contributed by atoms with van der Waals surface area (Å²) in [4.78, 5) is 24.0. The van der Waals surface area contributed by atoms with Crippen LogP contribution in [0.2, 0.25) is 0 Å². The van der Waals surface area contributed by atoms with Crippen LogP contribution < -0.4 is 10.3 Å². The molecule has 0 aliphatic rings. The number of ether oxygens (including phenoxy) is 1. The summed E-state index contributed by atoms with van der Waals surface area (Å²) in [5.74, 6) is -0.684. The van der Waals surface area contributed by atoms with Crippen molar-refractivity contribution >= 4 is 27.5 Å². The molecule has 6 nitrogen and oxygen atoms in total. The Morgan fingerprint density at radius 3 is 2.36 bits per heavy atom. The maximum atomic E-state index is 12.5. The Balaban J connectivity index is 1.66. The van der Waals surface area contributed by atoms with Crippen LogP contribution in [0.4, 0.5) is 0 Å². The molecular weight excluding hydrogens is 378 g/mol. The van der Waals surface area contributed by atoms with Crippen LogP contribution >= 0.6 is 11.3 Å². The minimum absolute atomic E-state index is 0.200. The second-order valence-electron chi connectivity index (χ2n) is 6.11. The molecule has 0 radical (unpaired) electrons. The van der Waals surface area contributed by atoms with Gasteiger partial charge in [0.2, 0.25) is 0 Å². The molecule has 0 saturated carbocycles. The topological polar surface area (TPSA) is 88.8 Å². The molecule has 2 aromatic heterocycles. The number of benzene rings is 2. The van der Waals surface area contributed by atoms with Gasteiger partial charge in [0.1, 0.15) is 17.1 Å². The molecule has 2 N–H and O–H groups in total. The van der Waals surface area contributed by atoms with Crippen molar-refractivity contribution in [3.8, 4) is 17.2 Å². The first-order valence-corrected chi connectivity index (χ1v) is 9.30. The minimum Gasteiger partial charge on any atom is -0.502 e.